The molecular formula is C21H26N2O5S. The van der Waals surface area contributed by atoms with E-state index in [4.69, 9.17) is 4.42 Å². The maximum atomic E-state index is 12.6. The van der Waals surface area contributed by atoms with Gasteiger partial charge in [0.15, 0.2) is 0 Å². The van der Waals surface area contributed by atoms with Crippen molar-refractivity contribution in [3.63, 3.8) is 0 Å². The van der Waals surface area contributed by atoms with E-state index in [1.807, 2.05) is 11.6 Å². The summed E-state index contributed by atoms with van der Waals surface area (Å²) in [4.78, 5) is 12.6. The minimum absolute atomic E-state index is 0.309. The van der Waals surface area contributed by atoms with Gasteiger partial charge in [0, 0.05) is 17.3 Å². The number of anilines is 1. The maximum absolute atomic E-state index is 12.6. The second kappa shape index (κ2) is 6.88. The molecule has 8 heteroatoms. The normalized spacial score (nSPS) is 17.2. The Morgan fingerprint density at radius 2 is 1.66 bits per heavy atom. The molecule has 4 rings (SSSR count). The zero-order chi connectivity index (χ0) is 21.0. The van der Waals surface area contributed by atoms with Crippen LogP contribution in [-0.4, -0.2) is 19.6 Å². The topological polar surface area (TPSA) is 109 Å². The Labute approximate surface area is 170 Å². The third-order valence-electron chi connectivity index (χ3n) is 5.39. The van der Waals surface area contributed by atoms with Gasteiger partial charge in [-0.2, -0.15) is 8.42 Å². The van der Waals surface area contributed by atoms with Gasteiger partial charge in [0.1, 0.15) is 0 Å². The lowest BCUT2D eigenvalue weighted by Gasteiger charge is -2.17. The molecule has 2 aliphatic rings. The highest BCUT2D eigenvalue weighted by molar-refractivity contribution is 7.89. The number of furan rings is 1. The van der Waals surface area contributed by atoms with Gasteiger partial charge in [-0.3, -0.25) is 0 Å². The molecule has 2 aromatic rings. The summed E-state index contributed by atoms with van der Waals surface area (Å²) in [7, 11) is -4.20. The van der Waals surface area contributed by atoms with Gasteiger partial charge in [-0.15, -0.1) is 0 Å². The molecule has 7 nitrogen and oxygen atoms in total. The van der Waals surface area contributed by atoms with Crippen molar-refractivity contribution in [1.29, 1.82) is 0 Å². The van der Waals surface area contributed by atoms with Gasteiger partial charge >= 0.3 is 6.03 Å². The first kappa shape index (κ1) is 20.0. The van der Waals surface area contributed by atoms with Crippen LogP contribution < -0.4 is 10.0 Å². The summed E-state index contributed by atoms with van der Waals surface area (Å²) in [6.45, 7) is 5.08. The number of rotatable bonds is 6. The maximum Gasteiger partial charge on any atom is 0.333 e. The second-order valence-corrected chi connectivity index (χ2v) is 10.3. The molecule has 0 bridgehead atoms. The Morgan fingerprint density at radius 1 is 1.10 bits per heavy atom. The predicted octanol–water partition coefficient (Wildman–Crippen LogP) is 4.08. The first-order chi connectivity index (χ1) is 13.5. The minimum atomic E-state index is -4.20. The van der Waals surface area contributed by atoms with Crippen molar-refractivity contribution in [1.82, 2.24) is 4.72 Å². The minimum Gasteiger partial charge on any atom is -0.451 e. The molecule has 3 N–H and O–H groups in total. The first-order valence-corrected chi connectivity index (χ1v) is 11.3. The summed E-state index contributed by atoms with van der Waals surface area (Å²) in [6.07, 6.45) is 5.48. The van der Waals surface area contributed by atoms with Crippen LogP contribution in [-0.2, 0) is 15.6 Å². The number of carbonyl (C=O) groups excluding carboxylic acids is 1. The molecule has 2 amide bonds. The van der Waals surface area contributed by atoms with Crippen LogP contribution in [0.1, 0.15) is 73.6 Å². The number of carbonyl (C=O) groups is 1. The van der Waals surface area contributed by atoms with Crippen molar-refractivity contribution in [2.45, 2.75) is 69.0 Å². The summed E-state index contributed by atoms with van der Waals surface area (Å²) in [5, 5.41) is 12.4. The Morgan fingerprint density at radius 3 is 2.10 bits per heavy atom. The number of hydrogen-bond acceptors (Lipinski definition) is 5. The van der Waals surface area contributed by atoms with Crippen LogP contribution in [0.15, 0.2) is 34.0 Å². The largest absolute Gasteiger partial charge is 0.451 e. The molecule has 29 heavy (non-hydrogen) atoms. The molecule has 156 valence electrons. The van der Waals surface area contributed by atoms with Crippen LogP contribution in [0.4, 0.5) is 10.5 Å². The Hall–Kier alpha value is -2.32. The highest BCUT2D eigenvalue weighted by Crippen LogP contribution is 2.50. The highest BCUT2D eigenvalue weighted by atomic mass is 32.2. The van der Waals surface area contributed by atoms with E-state index in [0.29, 0.717) is 17.4 Å². The summed E-state index contributed by atoms with van der Waals surface area (Å²) in [5.74, 6) is 0.831. The average molecular weight is 419 g/mol. The van der Waals surface area contributed by atoms with Gasteiger partial charge in [-0.05, 0) is 69.4 Å². The molecule has 0 atom stereocenters. The lowest BCUT2D eigenvalue weighted by Crippen LogP contribution is -2.34. The average Bonchev–Trinajstić information content (AvgIpc) is 3.52. The Balaban J connectivity index is 1.56. The molecule has 1 heterocycles. The molecular weight excluding hydrogens is 392 g/mol. The van der Waals surface area contributed by atoms with Crippen LogP contribution in [0.25, 0.3) is 0 Å². The van der Waals surface area contributed by atoms with Gasteiger partial charge in [-0.1, -0.05) is 17.7 Å². The SMILES string of the molecule is Cc1cc(C2CC2)c(NC(=O)NS(=O)(=O)c2cc(C(C)(C)O)co2)c(C2CC2)c1. The van der Waals surface area contributed by atoms with Crippen molar-refractivity contribution in [2.75, 3.05) is 5.32 Å². The lowest BCUT2D eigenvalue weighted by molar-refractivity contribution is 0.0779. The van der Waals surface area contributed by atoms with E-state index in [0.717, 1.165) is 48.1 Å². The molecule has 2 saturated carbocycles. The van der Waals surface area contributed by atoms with Gasteiger partial charge in [0.25, 0.3) is 10.0 Å². The van der Waals surface area contributed by atoms with Crippen LogP contribution >= 0.6 is 0 Å². The molecule has 2 aliphatic carbocycles. The van der Waals surface area contributed by atoms with E-state index >= 15 is 0 Å². The molecule has 1 aromatic heterocycles. The highest BCUT2D eigenvalue weighted by Gasteiger charge is 2.34. The summed E-state index contributed by atoms with van der Waals surface area (Å²) in [5.41, 5.74) is 3.12. The zero-order valence-corrected chi connectivity index (χ0v) is 17.6. The molecule has 0 saturated heterocycles. The van der Waals surface area contributed by atoms with Gasteiger partial charge in [0.2, 0.25) is 5.09 Å². The number of aliphatic hydroxyl groups is 1. The van der Waals surface area contributed by atoms with Crippen LogP contribution in [0.3, 0.4) is 0 Å². The van der Waals surface area contributed by atoms with Crippen molar-refractivity contribution in [3.05, 3.63) is 46.7 Å². The number of amides is 2. The van der Waals surface area contributed by atoms with Gasteiger partial charge in [0.05, 0.1) is 11.9 Å². The van der Waals surface area contributed by atoms with E-state index in [9.17, 15) is 18.3 Å². The van der Waals surface area contributed by atoms with Crippen molar-refractivity contribution in [2.24, 2.45) is 0 Å². The molecule has 1 aromatic carbocycles. The molecule has 0 aliphatic heterocycles. The number of urea groups is 1. The van der Waals surface area contributed by atoms with Gasteiger partial charge in [-0.25, -0.2) is 9.52 Å². The Kier molecular flexibility index (Phi) is 4.74. The number of hydrogen-bond donors (Lipinski definition) is 3. The third-order valence-corrected chi connectivity index (χ3v) is 6.59. The number of sulfonamides is 1. The van der Waals surface area contributed by atoms with Crippen molar-refractivity contribution >= 4 is 21.7 Å². The molecule has 0 unspecified atom stereocenters. The van der Waals surface area contributed by atoms with E-state index < -0.39 is 26.7 Å². The smallest absolute Gasteiger partial charge is 0.333 e. The monoisotopic (exact) mass is 418 g/mol. The fraction of sp³-hybridized carbons (Fsp3) is 0.476. The van der Waals surface area contributed by atoms with Crippen LogP contribution in [0.5, 0.6) is 0 Å². The lowest BCUT2D eigenvalue weighted by atomic mass is 9.97. The summed E-state index contributed by atoms with van der Waals surface area (Å²) >= 11 is 0. The van der Waals surface area contributed by atoms with Crippen molar-refractivity contribution < 1.29 is 22.7 Å². The number of aryl methyl sites for hydroxylation is 1. The Bertz CT molecular complexity index is 1020. The van der Waals surface area contributed by atoms with Crippen LogP contribution in [0.2, 0.25) is 0 Å². The molecule has 2 fully saturated rings. The van der Waals surface area contributed by atoms with E-state index in [-0.39, 0.29) is 0 Å². The van der Waals surface area contributed by atoms with Gasteiger partial charge < -0.3 is 14.8 Å². The zero-order valence-electron chi connectivity index (χ0n) is 16.8. The van der Waals surface area contributed by atoms with E-state index in [1.54, 1.807) is 0 Å². The summed E-state index contributed by atoms with van der Waals surface area (Å²) in [6, 6.07) is 4.55. The fourth-order valence-corrected chi connectivity index (χ4v) is 4.36. The number of nitrogens with one attached hydrogen (secondary N) is 2. The summed E-state index contributed by atoms with van der Waals surface area (Å²) < 4.78 is 32.2. The van der Waals surface area contributed by atoms with Crippen LogP contribution in [0, 0.1) is 6.92 Å². The third kappa shape index (κ3) is 4.33. The van der Waals surface area contributed by atoms with Crippen molar-refractivity contribution in [3.8, 4) is 0 Å². The molecule has 0 spiro atoms. The second-order valence-electron chi connectivity index (χ2n) is 8.64. The first-order valence-electron chi connectivity index (χ1n) is 9.84. The molecule has 0 radical (unpaired) electrons. The fourth-order valence-electron chi connectivity index (χ4n) is 3.51. The predicted molar refractivity (Wildman–Crippen MR) is 108 cm³/mol. The van der Waals surface area contributed by atoms with E-state index in [2.05, 4.69) is 17.4 Å². The quantitative estimate of drug-likeness (QED) is 0.655. The number of benzene rings is 1. The van der Waals surface area contributed by atoms with E-state index in [1.165, 1.54) is 26.2 Å². The standard InChI is InChI=1S/C21H26N2O5S/c1-12-8-16(13-4-5-13)19(17(9-12)14-6-7-14)22-20(24)23-29(26,27)18-10-15(11-28-18)21(2,3)25/h8-11,13-14,25H,4-7H2,1-3H3,(H2,22,23,24).